The molecule has 1 atom stereocenters. The number of aromatic nitrogens is 1. The number of hydrogen-bond donors (Lipinski definition) is 1. The van der Waals surface area contributed by atoms with E-state index in [4.69, 9.17) is 0 Å². The van der Waals surface area contributed by atoms with Crippen LogP contribution >= 0.6 is 0 Å². The minimum atomic E-state index is 0.0297. The first-order valence-corrected chi connectivity index (χ1v) is 3.99. The van der Waals surface area contributed by atoms with Gasteiger partial charge in [-0.05, 0) is 19.5 Å². The first-order chi connectivity index (χ1) is 5.65. The highest BCUT2D eigenvalue weighted by Gasteiger charge is 2.01. The largest absolute Gasteiger partial charge is 0.318 e. The third-order valence-electron chi connectivity index (χ3n) is 2.04. The molecule has 66 valence electrons. The Morgan fingerprint density at radius 2 is 2.17 bits per heavy atom. The molecule has 1 aromatic heterocycles. The van der Waals surface area contributed by atoms with Crippen LogP contribution in [0.2, 0.25) is 0 Å². The van der Waals surface area contributed by atoms with Crippen molar-refractivity contribution in [3.05, 3.63) is 34.2 Å². The zero-order valence-corrected chi connectivity index (χ0v) is 7.66. The molecule has 1 unspecified atom stereocenters. The van der Waals surface area contributed by atoms with E-state index < -0.39 is 0 Å². The molecule has 1 aromatic rings. The molecule has 0 bridgehead atoms. The fourth-order valence-corrected chi connectivity index (χ4v) is 1.04. The van der Waals surface area contributed by atoms with Crippen molar-refractivity contribution in [2.45, 2.75) is 13.0 Å². The van der Waals surface area contributed by atoms with Gasteiger partial charge in [-0.3, -0.25) is 4.79 Å². The van der Waals surface area contributed by atoms with Crippen LogP contribution in [0, 0.1) is 0 Å². The lowest BCUT2D eigenvalue weighted by molar-refractivity contribution is 0.641. The minimum absolute atomic E-state index is 0.0297. The monoisotopic (exact) mass is 166 g/mol. The summed E-state index contributed by atoms with van der Waals surface area (Å²) in [6, 6.07) is 3.73. The van der Waals surface area contributed by atoms with Gasteiger partial charge in [-0.15, -0.1) is 0 Å². The Labute approximate surface area is 72.0 Å². The summed E-state index contributed by atoms with van der Waals surface area (Å²) in [4.78, 5) is 11.0. The van der Waals surface area contributed by atoms with Crippen molar-refractivity contribution in [2.75, 3.05) is 7.05 Å². The minimum Gasteiger partial charge on any atom is -0.318 e. The molecule has 12 heavy (non-hydrogen) atoms. The fraction of sp³-hybridized carbons (Fsp3) is 0.444. The maximum Gasteiger partial charge on any atom is 0.250 e. The van der Waals surface area contributed by atoms with Crippen molar-refractivity contribution >= 4 is 0 Å². The number of pyridine rings is 1. The van der Waals surface area contributed by atoms with Crippen molar-refractivity contribution in [2.24, 2.45) is 7.05 Å². The maximum atomic E-state index is 11.0. The predicted octanol–water partition coefficient (Wildman–Crippen LogP) is 0.666. The van der Waals surface area contributed by atoms with Gasteiger partial charge in [0.2, 0.25) is 5.56 Å². The Hall–Kier alpha value is -1.09. The van der Waals surface area contributed by atoms with Gasteiger partial charge in [-0.1, -0.05) is 6.07 Å². The number of rotatable bonds is 2. The summed E-state index contributed by atoms with van der Waals surface area (Å²) in [6.07, 6.45) is 1.85. The number of hydrogen-bond acceptors (Lipinski definition) is 2. The summed E-state index contributed by atoms with van der Waals surface area (Å²) in [6.45, 7) is 2.06. The summed E-state index contributed by atoms with van der Waals surface area (Å²) < 4.78 is 1.59. The van der Waals surface area contributed by atoms with Crippen LogP contribution in [0.15, 0.2) is 23.1 Å². The fourth-order valence-electron chi connectivity index (χ4n) is 1.04. The zero-order valence-electron chi connectivity index (χ0n) is 7.66. The van der Waals surface area contributed by atoms with Crippen molar-refractivity contribution in [3.8, 4) is 0 Å². The highest BCUT2D eigenvalue weighted by molar-refractivity contribution is 5.13. The van der Waals surface area contributed by atoms with Crippen molar-refractivity contribution in [1.82, 2.24) is 9.88 Å². The Balaban J connectivity index is 3.04. The Bertz CT molecular complexity index is 317. The molecule has 0 saturated carbocycles. The van der Waals surface area contributed by atoms with Crippen LogP contribution in [-0.2, 0) is 7.05 Å². The number of aryl methyl sites for hydroxylation is 1. The molecule has 0 saturated heterocycles. The molecule has 1 N–H and O–H groups in total. The molecule has 0 aliphatic carbocycles. The number of nitrogens with zero attached hydrogens (tertiary/aromatic N) is 1. The van der Waals surface area contributed by atoms with Gasteiger partial charge < -0.3 is 9.88 Å². The molecule has 0 aliphatic heterocycles. The van der Waals surface area contributed by atoms with Gasteiger partial charge in [0.05, 0.1) is 0 Å². The van der Waals surface area contributed by atoms with Crippen LogP contribution in [0.1, 0.15) is 18.5 Å². The van der Waals surface area contributed by atoms with E-state index in [-0.39, 0.29) is 11.6 Å². The second kappa shape index (κ2) is 3.54. The van der Waals surface area contributed by atoms with Crippen LogP contribution in [0.3, 0.4) is 0 Å². The van der Waals surface area contributed by atoms with E-state index in [2.05, 4.69) is 12.2 Å². The third kappa shape index (κ3) is 1.74. The van der Waals surface area contributed by atoms with Gasteiger partial charge in [-0.2, -0.15) is 0 Å². The molecule has 3 nitrogen and oxygen atoms in total. The Kier molecular flexibility index (Phi) is 2.65. The van der Waals surface area contributed by atoms with Crippen LogP contribution in [-0.4, -0.2) is 11.6 Å². The van der Waals surface area contributed by atoms with E-state index in [0.29, 0.717) is 0 Å². The van der Waals surface area contributed by atoms with Crippen LogP contribution in [0.5, 0.6) is 0 Å². The Morgan fingerprint density at radius 1 is 1.50 bits per heavy atom. The van der Waals surface area contributed by atoms with E-state index in [1.807, 2.05) is 19.3 Å². The van der Waals surface area contributed by atoms with Crippen LogP contribution in [0.4, 0.5) is 0 Å². The molecule has 0 aliphatic rings. The summed E-state index contributed by atoms with van der Waals surface area (Å²) in [5, 5.41) is 3.11. The van der Waals surface area contributed by atoms with Crippen LogP contribution < -0.4 is 10.9 Å². The zero-order chi connectivity index (χ0) is 9.14. The summed E-state index contributed by atoms with van der Waals surface area (Å²) >= 11 is 0. The number of nitrogens with one attached hydrogen (secondary N) is 1. The van der Waals surface area contributed by atoms with E-state index >= 15 is 0 Å². The molecule has 0 radical (unpaired) electrons. The van der Waals surface area contributed by atoms with Crippen molar-refractivity contribution in [1.29, 1.82) is 0 Å². The Morgan fingerprint density at radius 3 is 2.67 bits per heavy atom. The van der Waals surface area contributed by atoms with Gasteiger partial charge in [-0.25, -0.2) is 0 Å². The molecular weight excluding hydrogens is 152 g/mol. The van der Waals surface area contributed by atoms with Crippen molar-refractivity contribution < 1.29 is 0 Å². The van der Waals surface area contributed by atoms with Gasteiger partial charge in [0.15, 0.2) is 0 Å². The van der Waals surface area contributed by atoms with Gasteiger partial charge >= 0.3 is 0 Å². The van der Waals surface area contributed by atoms with Gasteiger partial charge in [0.25, 0.3) is 0 Å². The lowest BCUT2D eigenvalue weighted by atomic mass is 10.1. The topological polar surface area (TPSA) is 34.0 Å². The molecule has 0 spiro atoms. The van der Waals surface area contributed by atoms with Gasteiger partial charge in [0, 0.05) is 25.4 Å². The quantitative estimate of drug-likeness (QED) is 0.700. The van der Waals surface area contributed by atoms with E-state index in [1.165, 1.54) is 0 Å². The highest BCUT2D eigenvalue weighted by atomic mass is 16.1. The van der Waals surface area contributed by atoms with E-state index in [0.717, 1.165) is 5.56 Å². The molecule has 1 rings (SSSR count). The average Bonchev–Trinajstić information content (AvgIpc) is 2.08. The second-order valence-electron chi connectivity index (χ2n) is 2.92. The molecular formula is C9H14N2O. The smallest absolute Gasteiger partial charge is 0.250 e. The molecule has 0 amide bonds. The van der Waals surface area contributed by atoms with E-state index in [1.54, 1.807) is 17.7 Å². The standard InChI is InChI=1S/C9H14N2O/c1-7(10-2)8-4-5-9(12)11(3)6-8/h4-7,10H,1-3H3. The molecule has 3 heteroatoms. The molecule has 0 aromatic carbocycles. The van der Waals surface area contributed by atoms with Crippen molar-refractivity contribution in [3.63, 3.8) is 0 Å². The second-order valence-corrected chi connectivity index (χ2v) is 2.92. The SMILES string of the molecule is CNC(C)c1ccc(=O)n(C)c1. The van der Waals surface area contributed by atoms with Crippen LogP contribution in [0.25, 0.3) is 0 Å². The summed E-state index contributed by atoms with van der Waals surface area (Å²) in [5.41, 5.74) is 1.15. The predicted molar refractivity (Wildman–Crippen MR) is 49.2 cm³/mol. The molecule has 0 fully saturated rings. The third-order valence-corrected chi connectivity index (χ3v) is 2.04. The molecule has 1 heterocycles. The average molecular weight is 166 g/mol. The summed E-state index contributed by atoms with van der Waals surface area (Å²) in [7, 11) is 3.66. The maximum absolute atomic E-state index is 11.0. The normalized spacial score (nSPS) is 12.9. The highest BCUT2D eigenvalue weighted by Crippen LogP contribution is 2.07. The first-order valence-electron chi connectivity index (χ1n) is 3.99. The lowest BCUT2D eigenvalue weighted by Gasteiger charge is -2.10. The van der Waals surface area contributed by atoms with Gasteiger partial charge in [0.1, 0.15) is 0 Å². The first kappa shape index (κ1) is 9.00. The van der Waals surface area contributed by atoms with E-state index in [9.17, 15) is 4.79 Å². The lowest BCUT2D eigenvalue weighted by Crippen LogP contribution is -2.19. The summed E-state index contributed by atoms with van der Waals surface area (Å²) in [5.74, 6) is 0.